The maximum absolute atomic E-state index is 13.0. The van der Waals surface area contributed by atoms with E-state index in [1.165, 1.54) is 96.3 Å². The van der Waals surface area contributed by atoms with E-state index in [0.717, 1.165) is 66.5 Å². The minimum atomic E-state index is -4.54. The molecule has 0 fully saturated rings. The molecule has 0 saturated heterocycles. The molecule has 1 heterocycles. The van der Waals surface area contributed by atoms with Gasteiger partial charge in [0.1, 0.15) is 23.7 Å². The van der Waals surface area contributed by atoms with Crippen molar-refractivity contribution < 1.29 is 47.4 Å². The Morgan fingerprint density at radius 2 is 1.16 bits per heavy atom. The van der Waals surface area contributed by atoms with Crippen LogP contribution in [-0.2, 0) is 39.1 Å². The van der Waals surface area contributed by atoms with E-state index in [9.17, 15) is 24.2 Å². The predicted octanol–water partition coefficient (Wildman–Crippen LogP) is 12.8. The Balaban J connectivity index is 1.80. The van der Waals surface area contributed by atoms with Gasteiger partial charge in [-0.05, 0) is 70.1 Å². The number of rotatable bonds is 34. The fourth-order valence-corrected chi connectivity index (χ4v) is 8.30. The quantitative estimate of drug-likeness (QED) is 0.0392. The number of carbonyl (C=O) groups excluding carboxylic acids is 2. The summed E-state index contributed by atoms with van der Waals surface area (Å²) in [6.07, 6.45) is 26.9. The predicted molar refractivity (Wildman–Crippen MR) is 229 cm³/mol. The molecule has 0 bridgehead atoms. The van der Waals surface area contributed by atoms with E-state index >= 15 is 0 Å². The fourth-order valence-electron chi connectivity index (χ4n) is 7.55. The number of aromatic hydroxyl groups is 1. The summed E-state index contributed by atoms with van der Waals surface area (Å²) in [5.41, 5.74) is 2.79. The molecule has 0 aromatic heterocycles. The Labute approximate surface area is 346 Å². The highest BCUT2D eigenvalue weighted by Crippen LogP contribution is 2.46. The van der Waals surface area contributed by atoms with Crippen LogP contribution in [0.5, 0.6) is 11.5 Å². The first-order valence-electron chi connectivity index (χ1n) is 22.8. The van der Waals surface area contributed by atoms with Gasteiger partial charge in [0.15, 0.2) is 6.10 Å². The van der Waals surface area contributed by atoms with E-state index < -0.39 is 32.1 Å². The van der Waals surface area contributed by atoms with Crippen LogP contribution in [0.25, 0.3) is 0 Å². The Hall–Kier alpha value is -2.13. The first-order valence-corrected chi connectivity index (χ1v) is 24.3. The maximum Gasteiger partial charge on any atom is 0.472 e. The zero-order chi connectivity index (χ0) is 41.9. The highest BCUT2D eigenvalue weighted by molar-refractivity contribution is 7.47. The SMILES string of the molecule is CCCCCCCCCCCCCC(=O)OC[C@H](COP(=O)(O)OCCC1(C)CCc2c(C)c(O)c(C)c(C)c2O1)OC(=O)CCCCCCCCCCCCC. The van der Waals surface area contributed by atoms with Gasteiger partial charge in [-0.1, -0.05) is 142 Å². The van der Waals surface area contributed by atoms with Gasteiger partial charge in [0.2, 0.25) is 0 Å². The molecule has 0 spiro atoms. The van der Waals surface area contributed by atoms with Crippen LogP contribution in [-0.4, -0.2) is 53.5 Å². The molecule has 2 unspecified atom stereocenters. The second kappa shape index (κ2) is 29.2. The van der Waals surface area contributed by atoms with Gasteiger partial charge in [-0.15, -0.1) is 0 Å². The number of carbonyl (C=O) groups is 2. The molecule has 2 N–H and O–H groups in total. The molecule has 1 aliphatic heterocycles. The number of hydrogen-bond donors (Lipinski definition) is 2. The lowest BCUT2D eigenvalue weighted by molar-refractivity contribution is -0.161. The molecule has 10 nitrogen and oxygen atoms in total. The first kappa shape index (κ1) is 51.0. The molecule has 0 saturated carbocycles. The van der Waals surface area contributed by atoms with E-state index in [0.29, 0.717) is 25.7 Å². The molecule has 57 heavy (non-hydrogen) atoms. The van der Waals surface area contributed by atoms with E-state index in [1.54, 1.807) is 0 Å². The highest BCUT2D eigenvalue weighted by atomic mass is 31.2. The second-order valence-electron chi connectivity index (χ2n) is 16.8. The molecule has 1 aromatic rings. The van der Waals surface area contributed by atoms with Gasteiger partial charge in [-0.3, -0.25) is 18.6 Å². The minimum Gasteiger partial charge on any atom is -0.507 e. The Morgan fingerprint density at radius 1 is 0.684 bits per heavy atom. The summed E-state index contributed by atoms with van der Waals surface area (Å²) in [4.78, 5) is 36.0. The topological polar surface area (TPSA) is 138 Å². The van der Waals surface area contributed by atoms with Gasteiger partial charge in [0.05, 0.1) is 13.2 Å². The monoisotopic (exact) mass is 825 g/mol. The largest absolute Gasteiger partial charge is 0.507 e. The summed E-state index contributed by atoms with van der Waals surface area (Å²) in [7, 11) is -4.54. The van der Waals surface area contributed by atoms with Crippen molar-refractivity contribution in [3.63, 3.8) is 0 Å². The number of fused-ring (bicyclic) bond motifs is 1. The molecule has 11 heteroatoms. The van der Waals surface area contributed by atoms with E-state index in [1.807, 2.05) is 27.7 Å². The minimum absolute atomic E-state index is 0.105. The third-order valence-electron chi connectivity index (χ3n) is 11.6. The number of benzene rings is 1. The molecule has 1 aromatic carbocycles. The molecule has 330 valence electrons. The standard InChI is InChI=1S/C46H81O10P/c1-7-9-11-13-15-17-19-21-23-25-27-29-42(47)52-35-40(55-43(48)30-28-26-24-22-20-18-16-14-12-10-8-2)36-54-57(50,51)53-34-33-46(6)32-31-41-39(5)44(49)37(3)38(4)45(41)56-46/h40,49H,7-36H2,1-6H3,(H,50,51)/t40-,46?/m1/s1. The third-order valence-corrected chi connectivity index (χ3v) is 12.6. The fraction of sp³-hybridized carbons (Fsp3) is 0.826. The average Bonchev–Trinajstić information content (AvgIpc) is 3.18. The van der Waals surface area contributed by atoms with Crippen LogP contribution in [0.3, 0.4) is 0 Å². The molecule has 0 aliphatic carbocycles. The van der Waals surface area contributed by atoms with Gasteiger partial charge in [-0.2, -0.15) is 0 Å². The molecular weight excluding hydrogens is 743 g/mol. The number of phenols is 1. The van der Waals surface area contributed by atoms with E-state index in [2.05, 4.69) is 13.8 Å². The van der Waals surface area contributed by atoms with Crippen LogP contribution in [0.15, 0.2) is 0 Å². The molecule has 0 radical (unpaired) electrons. The number of unbranched alkanes of at least 4 members (excludes halogenated alkanes) is 20. The molecule has 2 rings (SSSR count). The van der Waals surface area contributed by atoms with Gasteiger partial charge >= 0.3 is 19.8 Å². The summed E-state index contributed by atoms with van der Waals surface area (Å²) < 4.78 is 41.1. The lowest BCUT2D eigenvalue weighted by atomic mass is 9.86. The van der Waals surface area contributed by atoms with Crippen molar-refractivity contribution in [2.24, 2.45) is 0 Å². The molecule has 3 atom stereocenters. The molecule has 0 amide bonds. The van der Waals surface area contributed by atoms with Crippen molar-refractivity contribution in [3.8, 4) is 11.5 Å². The zero-order valence-electron chi connectivity index (χ0n) is 36.9. The lowest BCUT2D eigenvalue weighted by Gasteiger charge is -2.38. The van der Waals surface area contributed by atoms with Crippen molar-refractivity contribution in [2.75, 3.05) is 19.8 Å². The lowest BCUT2D eigenvalue weighted by Crippen LogP contribution is -2.38. The van der Waals surface area contributed by atoms with Gasteiger partial charge < -0.3 is 24.2 Å². The average molecular weight is 825 g/mol. The zero-order valence-corrected chi connectivity index (χ0v) is 37.8. The summed E-state index contributed by atoms with van der Waals surface area (Å²) in [6, 6.07) is 0. The molecular formula is C46H81O10P. The first-order chi connectivity index (χ1) is 27.3. The van der Waals surface area contributed by atoms with Crippen LogP contribution in [0, 0.1) is 20.8 Å². The van der Waals surface area contributed by atoms with Crippen molar-refractivity contribution in [1.29, 1.82) is 0 Å². The highest BCUT2D eigenvalue weighted by Gasteiger charge is 2.36. The van der Waals surface area contributed by atoms with Crippen LogP contribution >= 0.6 is 7.82 Å². The molecule has 1 aliphatic rings. The Kier molecular flexibility index (Phi) is 26.1. The van der Waals surface area contributed by atoms with Crippen molar-refractivity contribution in [3.05, 3.63) is 22.3 Å². The Bertz CT molecular complexity index is 1330. The normalized spacial score (nSPS) is 16.8. The van der Waals surface area contributed by atoms with Crippen molar-refractivity contribution in [2.45, 2.75) is 227 Å². The van der Waals surface area contributed by atoms with E-state index in [4.69, 9.17) is 23.3 Å². The van der Waals surface area contributed by atoms with Crippen molar-refractivity contribution in [1.82, 2.24) is 0 Å². The maximum atomic E-state index is 13.0. The van der Waals surface area contributed by atoms with Crippen LogP contribution in [0.4, 0.5) is 0 Å². The van der Waals surface area contributed by atoms with E-state index in [-0.39, 0.29) is 37.8 Å². The van der Waals surface area contributed by atoms with Gasteiger partial charge in [0, 0.05) is 24.8 Å². The number of phosphoric ester groups is 1. The third kappa shape index (κ3) is 21.6. The number of hydrogen-bond acceptors (Lipinski definition) is 9. The number of phosphoric acid groups is 1. The van der Waals surface area contributed by atoms with Gasteiger partial charge in [-0.25, -0.2) is 4.57 Å². The number of esters is 2. The number of phenolic OH excluding ortho intramolecular Hbond substituents is 1. The summed E-state index contributed by atoms with van der Waals surface area (Å²) in [6.45, 7) is 11.2. The van der Waals surface area contributed by atoms with Crippen LogP contribution in [0.2, 0.25) is 0 Å². The summed E-state index contributed by atoms with van der Waals surface area (Å²) >= 11 is 0. The smallest absolute Gasteiger partial charge is 0.472 e. The van der Waals surface area contributed by atoms with Gasteiger partial charge in [0.25, 0.3) is 0 Å². The summed E-state index contributed by atoms with van der Waals surface area (Å²) in [5.74, 6) is 0.193. The van der Waals surface area contributed by atoms with Crippen molar-refractivity contribution >= 4 is 19.8 Å². The van der Waals surface area contributed by atoms with Crippen LogP contribution < -0.4 is 4.74 Å². The summed E-state index contributed by atoms with van der Waals surface area (Å²) in [5, 5.41) is 10.5. The second-order valence-corrected chi connectivity index (χ2v) is 18.3. The Morgan fingerprint density at radius 3 is 1.67 bits per heavy atom. The van der Waals surface area contributed by atoms with Crippen LogP contribution in [0.1, 0.15) is 210 Å². The number of ether oxygens (including phenoxy) is 3.